The van der Waals surface area contributed by atoms with Crippen LogP contribution in [0.3, 0.4) is 0 Å². The van der Waals surface area contributed by atoms with Crippen LogP contribution in [-0.2, 0) is 29.9 Å². The van der Waals surface area contributed by atoms with Gasteiger partial charge in [-0.05, 0) is 54.5 Å². The zero-order valence-corrected chi connectivity index (χ0v) is 14.7. The normalized spacial score (nSPS) is 19.7. The van der Waals surface area contributed by atoms with E-state index in [1.165, 1.54) is 29.7 Å². The fourth-order valence-corrected chi connectivity index (χ4v) is 5.90. The Kier molecular flexibility index (Phi) is 4.07. The van der Waals surface area contributed by atoms with Crippen LogP contribution >= 0.6 is 23.1 Å². The molecule has 4 rings (SSSR count). The van der Waals surface area contributed by atoms with Crippen molar-refractivity contribution in [1.82, 2.24) is 5.32 Å². The van der Waals surface area contributed by atoms with Crippen LogP contribution in [0.1, 0.15) is 40.0 Å². The van der Waals surface area contributed by atoms with Gasteiger partial charge in [0.1, 0.15) is 5.76 Å². The van der Waals surface area contributed by atoms with Gasteiger partial charge >= 0.3 is 0 Å². The molecule has 2 aromatic heterocycles. The summed E-state index contributed by atoms with van der Waals surface area (Å²) in [5.74, 6) is 2.49. The number of furan rings is 1. The lowest BCUT2D eigenvalue weighted by molar-refractivity contribution is -0.117. The lowest BCUT2D eigenvalue weighted by Gasteiger charge is -2.19. The summed E-state index contributed by atoms with van der Waals surface area (Å²) in [5, 5.41) is 2.94. The molecule has 2 aliphatic rings. The fourth-order valence-electron chi connectivity index (χ4n) is 3.22. The van der Waals surface area contributed by atoms with Crippen molar-refractivity contribution >= 4 is 35.1 Å². The van der Waals surface area contributed by atoms with E-state index < -0.39 is 0 Å². The smallest absolute Gasteiger partial charge is 0.258 e. The second kappa shape index (κ2) is 6.21. The Labute approximate surface area is 144 Å². The van der Waals surface area contributed by atoms with Crippen molar-refractivity contribution in [2.24, 2.45) is 5.92 Å². The van der Waals surface area contributed by atoms with Crippen molar-refractivity contribution in [3.05, 3.63) is 49.9 Å². The molecule has 3 heterocycles. The van der Waals surface area contributed by atoms with Gasteiger partial charge < -0.3 is 9.73 Å². The van der Waals surface area contributed by atoms with Gasteiger partial charge in [-0.1, -0.05) is 6.92 Å². The summed E-state index contributed by atoms with van der Waals surface area (Å²) in [5.41, 5.74) is 3.05. The van der Waals surface area contributed by atoms with E-state index in [1.54, 1.807) is 28.5 Å². The summed E-state index contributed by atoms with van der Waals surface area (Å²) in [6.45, 7) is 2.77. The molecule has 2 aromatic rings. The minimum Gasteiger partial charge on any atom is -0.467 e. The minimum absolute atomic E-state index is 0.00297. The van der Waals surface area contributed by atoms with Crippen LogP contribution in [0, 0.1) is 5.92 Å². The van der Waals surface area contributed by atoms with Gasteiger partial charge in [0.15, 0.2) is 0 Å². The number of amides is 1. The molecule has 1 aliphatic carbocycles. The predicted molar refractivity (Wildman–Crippen MR) is 95.3 cm³/mol. The lowest BCUT2D eigenvalue weighted by atomic mass is 9.88. The summed E-state index contributed by atoms with van der Waals surface area (Å²) in [6, 6.07) is 3.70. The third-order valence-corrected chi connectivity index (χ3v) is 6.80. The van der Waals surface area contributed by atoms with Gasteiger partial charge in [0.05, 0.1) is 17.7 Å². The standard InChI is InChI=1S/C18H19NO2S2/c1-11-4-5-13-14-10-22-17(8-16(14)23-15(13)7-11)18(20)19-9-12-3-2-6-21-12/h2-3,6,8,11H,4-5,7,9-10H2,1H3,(H,19,20)/t11-/m0/s1. The van der Waals surface area contributed by atoms with Crippen molar-refractivity contribution in [1.29, 1.82) is 0 Å². The quantitative estimate of drug-likeness (QED) is 0.898. The number of carbonyl (C=O) groups excluding carboxylic acids is 1. The van der Waals surface area contributed by atoms with Gasteiger partial charge in [0, 0.05) is 15.5 Å². The summed E-state index contributed by atoms with van der Waals surface area (Å²) in [7, 11) is 0. The van der Waals surface area contributed by atoms with E-state index in [9.17, 15) is 4.79 Å². The minimum atomic E-state index is -0.00297. The summed E-state index contributed by atoms with van der Waals surface area (Å²) in [4.78, 5) is 16.0. The Morgan fingerprint density at radius 1 is 1.43 bits per heavy atom. The van der Waals surface area contributed by atoms with E-state index in [4.69, 9.17) is 4.42 Å². The molecular formula is C18H19NO2S2. The average Bonchev–Trinajstić information content (AvgIpc) is 3.18. The number of hydrogen-bond acceptors (Lipinski definition) is 4. The Hall–Kier alpha value is -1.46. The first-order valence-corrected chi connectivity index (χ1v) is 9.79. The van der Waals surface area contributed by atoms with Crippen molar-refractivity contribution in [3.63, 3.8) is 0 Å². The summed E-state index contributed by atoms with van der Waals surface area (Å²) >= 11 is 3.54. The first-order chi connectivity index (χ1) is 11.2. The SMILES string of the molecule is C[C@H]1CCc2c(sc3c2CSC(C(=O)NCc2ccco2)=C3)C1. The zero-order chi connectivity index (χ0) is 15.8. The first kappa shape index (κ1) is 15.1. The highest BCUT2D eigenvalue weighted by molar-refractivity contribution is 8.03. The Morgan fingerprint density at radius 3 is 3.17 bits per heavy atom. The lowest BCUT2D eigenvalue weighted by Crippen LogP contribution is -2.23. The maximum Gasteiger partial charge on any atom is 0.258 e. The molecule has 0 bridgehead atoms. The van der Waals surface area contributed by atoms with Crippen molar-refractivity contribution in [3.8, 4) is 0 Å². The number of thioether (sulfide) groups is 1. The molecule has 0 radical (unpaired) electrons. The Morgan fingerprint density at radius 2 is 2.35 bits per heavy atom. The van der Waals surface area contributed by atoms with E-state index in [1.807, 2.05) is 23.5 Å². The highest BCUT2D eigenvalue weighted by Crippen LogP contribution is 2.43. The van der Waals surface area contributed by atoms with Gasteiger partial charge in [0.25, 0.3) is 5.91 Å². The van der Waals surface area contributed by atoms with E-state index >= 15 is 0 Å². The van der Waals surface area contributed by atoms with Gasteiger partial charge in [-0.15, -0.1) is 23.1 Å². The van der Waals surface area contributed by atoms with Crippen LogP contribution in [0.15, 0.2) is 27.7 Å². The maximum absolute atomic E-state index is 12.4. The van der Waals surface area contributed by atoms with Crippen LogP contribution in [0.25, 0.3) is 6.08 Å². The van der Waals surface area contributed by atoms with Gasteiger partial charge in [-0.3, -0.25) is 4.79 Å². The maximum atomic E-state index is 12.4. The Balaban J connectivity index is 1.51. The van der Waals surface area contributed by atoms with Crippen LogP contribution in [-0.4, -0.2) is 5.91 Å². The van der Waals surface area contributed by atoms with Crippen LogP contribution in [0.4, 0.5) is 0 Å². The molecule has 1 aliphatic heterocycles. The third kappa shape index (κ3) is 3.00. The molecule has 120 valence electrons. The van der Waals surface area contributed by atoms with Crippen molar-refractivity contribution in [2.45, 2.75) is 38.5 Å². The predicted octanol–water partition coefficient (Wildman–Crippen LogP) is 4.37. The highest BCUT2D eigenvalue weighted by Gasteiger charge is 2.26. The van der Waals surface area contributed by atoms with E-state index in [0.717, 1.165) is 22.3 Å². The Bertz CT molecular complexity index is 758. The van der Waals surface area contributed by atoms with Gasteiger partial charge in [-0.2, -0.15) is 0 Å². The number of carbonyl (C=O) groups is 1. The second-order valence-electron chi connectivity index (χ2n) is 6.25. The molecule has 0 aromatic carbocycles. The average molecular weight is 345 g/mol. The van der Waals surface area contributed by atoms with Crippen LogP contribution in [0.5, 0.6) is 0 Å². The molecule has 3 nitrogen and oxygen atoms in total. The molecule has 1 amide bonds. The number of fused-ring (bicyclic) bond motifs is 3. The second-order valence-corrected chi connectivity index (χ2v) is 8.41. The third-order valence-electron chi connectivity index (χ3n) is 4.51. The van der Waals surface area contributed by atoms with Crippen molar-refractivity contribution in [2.75, 3.05) is 0 Å². The summed E-state index contributed by atoms with van der Waals surface area (Å²) in [6.07, 6.45) is 7.40. The molecule has 23 heavy (non-hydrogen) atoms. The topological polar surface area (TPSA) is 42.2 Å². The zero-order valence-electron chi connectivity index (χ0n) is 13.1. The molecule has 0 unspecified atom stereocenters. The van der Waals surface area contributed by atoms with E-state index in [2.05, 4.69) is 18.3 Å². The molecule has 0 saturated heterocycles. The van der Waals surface area contributed by atoms with Gasteiger partial charge in [-0.25, -0.2) is 0 Å². The molecular weight excluding hydrogens is 326 g/mol. The molecule has 0 saturated carbocycles. The number of hydrogen-bond donors (Lipinski definition) is 1. The first-order valence-electron chi connectivity index (χ1n) is 7.99. The molecule has 1 atom stereocenters. The molecule has 0 fully saturated rings. The fraction of sp³-hybridized carbons (Fsp3) is 0.389. The van der Waals surface area contributed by atoms with E-state index in [0.29, 0.717) is 6.54 Å². The number of thiophene rings is 1. The summed E-state index contributed by atoms with van der Waals surface area (Å²) < 4.78 is 5.25. The number of rotatable bonds is 3. The van der Waals surface area contributed by atoms with E-state index in [-0.39, 0.29) is 5.91 Å². The van der Waals surface area contributed by atoms with Crippen LogP contribution in [0.2, 0.25) is 0 Å². The molecule has 5 heteroatoms. The van der Waals surface area contributed by atoms with Crippen LogP contribution < -0.4 is 5.32 Å². The highest BCUT2D eigenvalue weighted by atomic mass is 32.2. The number of nitrogens with one attached hydrogen (secondary N) is 1. The monoisotopic (exact) mass is 345 g/mol. The molecule has 1 N–H and O–H groups in total. The van der Waals surface area contributed by atoms with Crippen molar-refractivity contribution < 1.29 is 9.21 Å². The van der Waals surface area contributed by atoms with Gasteiger partial charge in [0.2, 0.25) is 0 Å². The molecule has 0 spiro atoms. The largest absolute Gasteiger partial charge is 0.467 e.